The van der Waals surface area contributed by atoms with E-state index in [0.717, 1.165) is 36.3 Å². The van der Waals surface area contributed by atoms with Gasteiger partial charge < -0.3 is 14.7 Å². The summed E-state index contributed by atoms with van der Waals surface area (Å²) in [5, 5.41) is 12.1. The summed E-state index contributed by atoms with van der Waals surface area (Å²) in [6.07, 6.45) is 1.80. The van der Waals surface area contributed by atoms with E-state index in [-0.39, 0.29) is 24.4 Å². The average Bonchev–Trinajstić information content (AvgIpc) is 2.91. The Morgan fingerprint density at radius 2 is 1.58 bits per heavy atom. The smallest absolute Gasteiger partial charge is 0.165 e. The Labute approximate surface area is 223 Å². The molecule has 1 aliphatic heterocycles. The van der Waals surface area contributed by atoms with E-state index in [0.29, 0.717) is 29.3 Å². The molecule has 0 spiro atoms. The van der Waals surface area contributed by atoms with Gasteiger partial charge in [0, 0.05) is 19.0 Å². The molecule has 0 bridgehead atoms. The number of Topliss-reactive ketones (excluding diaryl/α,β-unsaturated/α-hetero) is 1. The molecule has 36 heavy (non-hydrogen) atoms. The predicted molar refractivity (Wildman–Crippen MR) is 146 cm³/mol. The predicted octanol–water partition coefficient (Wildman–Crippen LogP) is 6.80. The van der Waals surface area contributed by atoms with E-state index in [1.54, 1.807) is 12.1 Å². The van der Waals surface area contributed by atoms with Gasteiger partial charge in [-0.05, 0) is 61.6 Å². The third-order valence-electron chi connectivity index (χ3n) is 7.21. The van der Waals surface area contributed by atoms with Crippen molar-refractivity contribution in [1.82, 2.24) is 4.90 Å². The Balaban J connectivity index is 1.39. The number of ether oxygens (including phenoxy) is 1. The van der Waals surface area contributed by atoms with Crippen molar-refractivity contribution in [3.63, 3.8) is 0 Å². The maximum absolute atomic E-state index is 13.4. The van der Waals surface area contributed by atoms with Gasteiger partial charge in [0.15, 0.2) is 5.78 Å². The zero-order valence-electron chi connectivity index (χ0n) is 20.6. The first-order valence-electron chi connectivity index (χ1n) is 12.5. The first kappa shape index (κ1) is 26.8. The number of hydrogen-bond acceptors (Lipinski definition) is 4. The SMILES string of the molecule is CC(OCC(=O)C(CCN1CCC(O)(c2ccccc2)CC1)c1ccc(Cl)c(Cl)c1)c1ccccc1. The molecule has 4 nitrogen and oxygen atoms in total. The molecule has 0 saturated carbocycles. The Hall–Kier alpha value is -2.21. The quantitative estimate of drug-likeness (QED) is 0.316. The molecule has 190 valence electrons. The summed E-state index contributed by atoms with van der Waals surface area (Å²) >= 11 is 12.4. The number of carbonyl (C=O) groups is 1. The van der Waals surface area contributed by atoms with Crippen LogP contribution in [0, 0.1) is 0 Å². The second-order valence-corrected chi connectivity index (χ2v) is 10.4. The standard InChI is InChI=1S/C30H33Cl2NO3/c1-22(23-8-4-2-5-9-23)36-21-29(34)26(24-12-13-27(31)28(32)20-24)14-17-33-18-15-30(35,16-19-33)25-10-6-3-7-11-25/h2-13,20,22,26,35H,14-19,21H2,1H3. The van der Waals surface area contributed by atoms with Crippen molar-refractivity contribution >= 4 is 29.0 Å². The van der Waals surface area contributed by atoms with Crippen LogP contribution in [0.4, 0.5) is 0 Å². The molecule has 1 N–H and O–H groups in total. The Bertz CT molecular complexity index is 1130. The number of ketones is 1. The van der Waals surface area contributed by atoms with E-state index in [1.807, 2.05) is 73.7 Å². The summed E-state index contributed by atoms with van der Waals surface area (Å²) < 4.78 is 5.96. The highest BCUT2D eigenvalue weighted by molar-refractivity contribution is 6.42. The van der Waals surface area contributed by atoms with Gasteiger partial charge in [-0.3, -0.25) is 4.79 Å². The maximum atomic E-state index is 13.4. The van der Waals surface area contributed by atoms with Crippen molar-refractivity contribution in [3.05, 3.63) is 106 Å². The molecule has 0 aromatic heterocycles. The molecule has 1 aliphatic rings. The minimum Gasteiger partial charge on any atom is -0.385 e. The van der Waals surface area contributed by atoms with Gasteiger partial charge in [-0.2, -0.15) is 0 Å². The van der Waals surface area contributed by atoms with Gasteiger partial charge in [-0.15, -0.1) is 0 Å². The second kappa shape index (κ2) is 12.4. The molecule has 6 heteroatoms. The number of nitrogens with zero attached hydrogens (tertiary/aromatic N) is 1. The van der Waals surface area contributed by atoms with Gasteiger partial charge in [0.1, 0.15) is 6.61 Å². The monoisotopic (exact) mass is 525 g/mol. The van der Waals surface area contributed by atoms with Crippen molar-refractivity contribution in [1.29, 1.82) is 0 Å². The van der Waals surface area contributed by atoms with Crippen LogP contribution in [0.2, 0.25) is 10.0 Å². The highest BCUT2D eigenvalue weighted by Gasteiger charge is 2.34. The minimum absolute atomic E-state index is 0.0222. The van der Waals surface area contributed by atoms with Crippen LogP contribution >= 0.6 is 23.2 Å². The summed E-state index contributed by atoms with van der Waals surface area (Å²) in [4.78, 5) is 15.7. The van der Waals surface area contributed by atoms with Crippen molar-refractivity contribution < 1.29 is 14.6 Å². The Kier molecular flexibility index (Phi) is 9.21. The lowest BCUT2D eigenvalue weighted by molar-refractivity contribution is -0.127. The maximum Gasteiger partial charge on any atom is 0.165 e. The topological polar surface area (TPSA) is 49.8 Å². The highest BCUT2D eigenvalue weighted by atomic mass is 35.5. The van der Waals surface area contributed by atoms with Crippen LogP contribution in [0.15, 0.2) is 78.9 Å². The van der Waals surface area contributed by atoms with Gasteiger partial charge in [-0.1, -0.05) is 89.9 Å². The van der Waals surface area contributed by atoms with E-state index in [4.69, 9.17) is 27.9 Å². The Morgan fingerprint density at radius 1 is 0.944 bits per heavy atom. The van der Waals surface area contributed by atoms with E-state index < -0.39 is 5.60 Å². The number of halogens is 2. The molecule has 2 unspecified atom stereocenters. The van der Waals surface area contributed by atoms with E-state index in [2.05, 4.69) is 4.90 Å². The van der Waals surface area contributed by atoms with E-state index in [1.165, 1.54) is 0 Å². The second-order valence-electron chi connectivity index (χ2n) is 9.58. The molecule has 0 aliphatic carbocycles. The largest absolute Gasteiger partial charge is 0.385 e. The van der Waals surface area contributed by atoms with Crippen molar-refractivity contribution in [2.24, 2.45) is 0 Å². The molecule has 1 fully saturated rings. The minimum atomic E-state index is -0.794. The molecule has 1 heterocycles. The van der Waals surface area contributed by atoms with Gasteiger partial charge in [0.25, 0.3) is 0 Å². The highest BCUT2D eigenvalue weighted by Crippen LogP contribution is 2.34. The molecule has 0 amide bonds. The first-order chi connectivity index (χ1) is 17.4. The average molecular weight is 527 g/mol. The number of aliphatic hydroxyl groups is 1. The normalized spacial score (nSPS) is 17.4. The summed E-state index contributed by atoms with van der Waals surface area (Å²) in [6.45, 7) is 4.27. The first-order valence-corrected chi connectivity index (χ1v) is 13.3. The number of carbonyl (C=O) groups excluding carboxylic acids is 1. The van der Waals surface area contributed by atoms with Crippen molar-refractivity contribution in [3.8, 4) is 0 Å². The summed E-state index contributed by atoms with van der Waals surface area (Å²) in [6, 6.07) is 25.2. The van der Waals surface area contributed by atoms with Crippen LogP contribution in [0.5, 0.6) is 0 Å². The third kappa shape index (κ3) is 6.76. The number of piperidine rings is 1. The molecule has 3 aromatic carbocycles. The van der Waals surface area contributed by atoms with Gasteiger partial charge in [0.2, 0.25) is 0 Å². The van der Waals surface area contributed by atoms with Crippen LogP contribution in [-0.2, 0) is 15.1 Å². The van der Waals surface area contributed by atoms with Crippen LogP contribution < -0.4 is 0 Å². The lowest BCUT2D eigenvalue weighted by Gasteiger charge is -2.39. The fourth-order valence-electron chi connectivity index (χ4n) is 4.87. The molecule has 4 rings (SSSR count). The molecular weight excluding hydrogens is 493 g/mol. The molecule has 3 aromatic rings. The van der Waals surface area contributed by atoms with Crippen LogP contribution in [0.25, 0.3) is 0 Å². The van der Waals surface area contributed by atoms with Gasteiger partial charge in [-0.25, -0.2) is 0 Å². The third-order valence-corrected chi connectivity index (χ3v) is 7.95. The lowest BCUT2D eigenvalue weighted by Crippen LogP contribution is -2.43. The summed E-state index contributed by atoms with van der Waals surface area (Å²) in [7, 11) is 0. The molecule has 2 atom stereocenters. The van der Waals surface area contributed by atoms with Gasteiger partial charge >= 0.3 is 0 Å². The number of benzene rings is 3. The summed E-state index contributed by atoms with van der Waals surface area (Å²) in [5.41, 5.74) is 2.06. The zero-order chi connectivity index (χ0) is 25.5. The van der Waals surface area contributed by atoms with Crippen molar-refractivity contribution in [2.75, 3.05) is 26.2 Å². The van der Waals surface area contributed by atoms with Gasteiger partial charge in [0.05, 0.1) is 21.8 Å². The molecule has 0 radical (unpaired) electrons. The van der Waals surface area contributed by atoms with Crippen molar-refractivity contribution in [2.45, 2.75) is 43.8 Å². The van der Waals surface area contributed by atoms with Crippen LogP contribution in [0.3, 0.4) is 0 Å². The lowest BCUT2D eigenvalue weighted by atomic mass is 9.84. The van der Waals surface area contributed by atoms with E-state index in [9.17, 15) is 9.90 Å². The number of likely N-dealkylation sites (tertiary alicyclic amines) is 1. The number of hydrogen-bond donors (Lipinski definition) is 1. The van der Waals surface area contributed by atoms with E-state index >= 15 is 0 Å². The summed E-state index contributed by atoms with van der Waals surface area (Å²) in [5.74, 6) is -0.327. The molecule has 1 saturated heterocycles. The number of rotatable bonds is 10. The van der Waals surface area contributed by atoms with Crippen LogP contribution in [0.1, 0.15) is 54.9 Å². The molecular formula is C30H33Cl2NO3. The fourth-order valence-corrected chi connectivity index (χ4v) is 5.17. The Morgan fingerprint density at radius 3 is 2.22 bits per heavy atom. The zero-order valence-corrected chi connectivity index (χ0v) is 22.1. The fraction of sp³-hybridized carbons (Fsp3) is 0.367. The van der Waals surface area contributed by atoms with Crippen LogP contribution in [-0.4, -0.2) is 42.0 Å².